The summed E-state index contributed by atoms with van der Waals surface area (Å²) in [5.41, 5.74) is 9.04. The van der Waals surface area contributed by atoms with Gasteiger partial charge in [-0.15, -0.1) is 0 Å². The molecule has 0 spiro atoms. The van der Waals surface area contributed by atoms with Gasteiger partial charge in [0.1, 0.15) is 0 Å². The van der Waals surface area contributed by atoms with Crippen molar-refractivity contribution in [1.29, 1.82) is 0 Å². The number of nitrogens with zero attached hydrogens (tertiary/aromatic N) is 3. The van der Waals surface area contributed by atoms with E-state index in [0.29, 0.717) is 5.69 Å². The van der Waals surface area contributed by atoms with Crippen LogP contribution < -0.4 is 0 Å². The molecule has 0 aliphatic rings. The van der Waals surface area contributed by atoms with E-state index in [0.717, 1.165) is 10.8 Å². The van der Waals surface area contributed by atoms with Crippen LogP contribution in [0.25, 0.3) is 21.2 Å². The molecule has 0 unspecified atom stereocenters. The first-order chi connectivity index (χ1) is 7.70. The maximum atomic E-state index is 10.7. The summed E-state index contributed by atoms with van der Waals surface area (Å²) in [5.74, 6) is -0.957. The Hall–Kier alpha value is -2.52. The molecule has 2 rings (SSSR count). The minimum Gasteiger partial charge on any atom is -0.478 e. The van der Waals surface area contributed by atoms with E-state index in [1.54, 1.807) is 30.3 Å². The Morgan fingerprint density at radius 3 is 2.56 bits per heavy atom. The topological polar surface area (TPSA) is 86.1 Å². The van der Waals surface area contributed by atoms with Crippen LogP contribution in [0.3, 0.4) is 0 Å². The van der Waals surface area contributed by atoms with Gasteiger partial charge in [-0.25, -0.2) is 4.79 Å². The van der Waals surface area contributed by atoms with Gasteiger partial charge in [-0.2, -0.15) is 0 Å². The molecule has 0 bridgehead atoms. The van der Waals surface area contributed by atoms with Crippen LogP contribution in [0.5, 0.6) is 0 Å². The summed E-state index contributed by atoms with van der Waals surface area (Å²) in [4.78, 5) is 13.4. The molecule has 5 heteroatoms. The fourth-order valence-electron chi connectivity index (χ4n) is 1.48. The van der Waals surface area contributed by atoms with Gasteiger partial charge in [0.25, 0.3) is 0 Å². The number of carboxylic acid groups (broad SMARTS) is 1. The predicted molar refractivity (Wildman–Crippen MR) is 59.7 cm³/mol. The number of aromatic carboxylic acids is 1. The molecule has 0 saturated heterocycles. The number of carboxylic acids is 1. The van der Waals surface area contributed by atoms with Gasteiger partial charge in [-0.1, -0.05) is 23.3 Å². The fourth-order valence-corrected chi connectivity index (χ4v) is 1.48. The van der Waals surface area contributed by atoms with Crippen molar-refractivity contribution in [3.63, 3.8) is 0 Å². The van der Waals surface area contributed by atoms with Gasteiger partial charge in [-0.05, 0) is 34.5 Å². The van der Waals surface area contributed by atoms with Crippen molar-refractivity contribution >= 4 is 22.4 Å². The normalized spacial score (nSPS) is 9.75. The van der Waals surface area contributed by atoms with E-state index < -0.39 is 5.97 Å². The van der Waals surface area contributed by atoms with Crippen LogP contribution in [-0.2, 0) is 0 Å². The second-order valence-corrected chi connectivity index (χ2v) is 3.24. The van der Waals surface area contributed by atoms with Crippen molar-refractivity contribution in [2.24, 2.45) is 5.11 Å². The van der Waals surface area contributed by atoms with Gasteiger partial charge in [-0.3, -0.25) is 0 Å². The molecular weight excluding hydrogens is 206 g/mol. The summed E-state index contributed by atoms with van der Waals surface area (Å²) in [6, 6.07) is 9.87. The highest BCUT2D eigenvalue weighted by Gasteiger charge is 2.03. The third kappa shape index (κ3) is 1.80. The van der Waals surface area contributed by atoms with Gasteiger partial charge in [0.2, 0.25) is 0 Å². The molecule has 1 N–H and O–H groups in total. The molecule has 0 amide bonds. The van der Waals surface area contributed by atoms with E-state index in [4.69, 9.17) is 10.6 Å². The van der Waals surface area contributed by atoms with E-state index in [1.807, 2.05) is 0 Å². The fraction of sp³-hybridized carbons (Fsp3) is 0. The minimum absolute atomic E-state index is 0.240. The third-order valence-corrected chi connectivity index (χ3v) is 2.23. The smallest absolute Gasteiger partial charge is 0.335 e. The zero-order chi connectivity index (χ0) is 11.5. The van der Waals surface area contributed by atoms with Crippen molar-refractivity contribution in [3.8, 4) is 0 Å². The van der Waals surface area contributed by atoms with Gasteiger partial charge < -0.3 is 5.11 Å². The molecular formula is C11H7N3O2. The molecule has 0 aromatic heterocycles. The van der Waals surface area contributed by atoms with Crippen molar-refractivity contribution in [1.82, 2.24) is 0 Å². The van der Waals surface area contributed by atoms with Gasteiger partial charge in [0.15, 0.2) is 0 Å². The van der Waals surface area contributed by atoms with Crippen molar-refractivity contribution in [2.45, 2.75) is 0 Å². The number of hydrogen-bond acceptors (Lipinski definition) is 2. The maximum absolute atomic E-state index is 10.7. The van der Waals surface area contributed by atoms with Crippen LogP contribution in [0.2, 0.25) is 0 Å². The van der Waals surface area contributed by atoms with E-state index in [-0.39, 0.29) is 5.56 Å². The van der Waals surface area contributed by atoms with Gasteiger partial charge >= 0.3 is 5.97 Å². The lowest BCUT2D eigenvalue weighted by molar-refractivity contribution is 0.0697. The largest absolute Gasteiger partial charge is 0.478 e. The summed E-state index contributed by atoms with van der Waals surface area (Å²) < 4.78 is 0. The third-order valence-electron chi connectivity index (χ3n) is 2.23. The number of fused-ring (bicyclic) bond motifs is 1. The molecule has 0 aliphatic carbocycles. The number of rotatable bonds is 2. The lowest BCUT2D eigenvalue weighted by Crippen LogP contribution is -1.94. The van der Waals surface area contributed by atoms with Crippen LogP contribution in [0.15, 0.2) is 41.5 Å². The Balaban J connectivity index is 2.61. The quantitative estimate of drug-likeness (QED) is 0.470. The second kappa shape index (κ2) is 3.92. The van der Waals surface area contributed by atoms with E-state index in [2.05, 4.69) is 10.0 Å². The molecule has 78 valence electrons. The predicted octanol–water partition coefficient (Wildman–Crippen LogP) is 3.48. The Morgan fingerprint density at radius 2 is 1.88 bits per heavy atom. The first-order valence-electron chi connectivity index (χ1n) is 4.53. The molecule has 0 saturated carbocycles. The minimum atomic E-state index is -0.957. The van der Waals surface area contributed by atoms with Crippen LogP contribution in [0.4, 0.5) is 5.69 Å². The maximum Gasteiger partial charge on any atom is 0.335 e. The molecule has 0 aliphatic heterocycles. The molecule has 0 atom stereocenters. The highest BCUT2D eigenvalue weighted by molar-refractivity contribution is 5.95. The molecule has 0 fully saturated rings. The van der Waals surface area contributed by atoms with Crippen LogP contribution in [0, 0.1) is 0 Å². The second-order valence-electron chi connectivity index (χ2n) is 3.24. The zero-order valence-corrected chi connectivity index (χ0v) is 8.16. The van der Waals surface area contributed by atoms with Gasteiger partial charge in [0.05, 0.1) is 5.56 Å². The van der Waals surface area contributed by atoms with Crippen LogP contribution in [-0.4, -0.2) is 11.1 Å². The number of carbonyl (C=O) groups is 1. The van der Waals surface area contributed by atoms with E-state index >= 15 is 0 Å². The molecule has 0 heterocycles. The molecule has 16 heavy (non-hydrogen) atoms. The summed E-state index contributed by atoms with van der Waals surface area (Å²) in [7, 11) is 0. The Bertz CT molecular complexity index is 574. The van der Waals surface area contributed by atoms with Crippen molar-refractivity contribution in [3.05, 3.63) is 52.4 Å². The number of azide groups is 1. The summed E-state index contributed by atoms with van der Waals surface area (Å²) in [6.07, 6.45) is 0. The highest BCUT2D eigenvalue weighted by atomic mass is 16.4. The van der Waals surface area contributed by atoms with Gasteiger partial charge in [0, 0.05) is 10.6 Å². The average Bonchev–Trinajstić information content (AvgIpc) is 2.28. The summed E-state index contributed by atoms with van der Waals surface area (Å²) in [6.45, 7) is 0. The number of hydrogen-bond donors (Lipinski definition) is 1. The van der Waals surface area contributed by atoms with E-state index in [9.17, 15) is 4.79 Å². The molecule has 0 radical (unpaired) electrons. The molecule has 5 nitrogen and oxygen atoms in total. The van der Waals surface area contributed by atoms with E-state index in [1.165, 1.54) is 6.07 Å². The first kappa shape index (κ1) is 10.0. The SMILES string of the molecule is [N-]=[N+]=Nc1ccc2cc(C(=O)O)ccc2c1. The lowest BCUT2D eigenvalue weighted by atomic mass is 10.1. The molecule has 2 aromatic carbocycles. The Morgan fingerprint density at radius 1 is 1.19 bits per heavy atom. The van der Waals surface area contributed by atoms with Crippen molar-refractivity contribution in [2.75, 3.05) is 0 Å². The number of benzene rings is 2. The lowest BCUT2D eigenvalue weighted by Gasteiger charge is -2.00. The summed E-state index contributed by atoms with van der Waals surface area (Å²) >= 11 is 0. The monoisotopic (exact) mass is 213 g/mol. The first-order valence-corrected chi connectivity index (χ1v) is 4.53. The van der Waals surface area contributed by atoms with Crippen LogP contribution in [0.1, 0.15) is 10.4 Å². The summed E-state index contributed by atoms with van der Waals surface area (Å²) in [5, 5.41) is 13.9. The van der Waals surface area contributed by atoms with Crippen LogP contribution >= 0.6 is 0 Å². The average molecular weight is 213 g/mol. The standard InChI is InChI=1S/C11H7N3O2/c12-14-13-10-4-3-7-5-9(11(15)16)2-1-8(7)6-10/h1-6H,(H,15,16). The zero-order valence-electron chi connectivity index (χ0n) is 8.16. The molecule has 2 aromatic rings. The Labute approximate surface area is 90.6 Å². The highest BCUT2D eigenvalue weighted by Crippen LogP contribution is 2.22. The van der Waals surface area contributed by atoms with Crippen molar-refractivity contribution < 1.29 is 9.90 Å². The Kier molecular flexibility index (Phi) is 2.45.